The van der Waals surface area contributed by atoms with E-state index in [1.165, 1.54) is 5.01 Å². The van der Waals surface area contributed by atoms with E-state index in [2.05, 4.69) is 5.29 Å². The lowest BCUT2D eigenvalue weighted by atomic mass is 9.92. The van der Waals surface area contributed by atoms with Gasteiger partial charge in [-0.3, -0.25) is 0 Å². The summed E-state index contributed by atoms with van der Waals surface area (Å²) in [7, 11) is 0. The van der Waals surface area contributed by atoms with Crippen LogP contribution < -0.4 is 0 Å². The zero-order valence-corrected chi connectivity index (χ0v) is 11.0. The van der Waals surface area contributed by atoms with Gasteiger partial charge in [0.25, 0.3) is 5.66 Å². The first-order valence-electron chi connectivity index (χ1n) is 5.87. The van der Waals surface area contributed by atoms with Crippen molar-refractivity contribution in [3.05, 3.63) is 46.0 Å². The molecule has 96 valence electrons. The molecule has 1 aliphatic rings. The standard InChI is InChI=1S/C13H17N3O2/c1-12(2)11(10-8-6-5-7-9-10)15(18)13(3,4)16(12)14-17/h5-9H,1-4H3. The SMILES string of the molecule is CC1(C)C(c2ccccc2)=[N+]([O-])C(C)(C)N1N=O. The molecule has 0 amide bonds. The largest absolute Gasteiger partial charge is 0.622 e. The summed E-state index contributed by atoms with van der Waals surface area (Å²) in [6, 6.07) is 9.37. The van der Waals surface area contributed by atoms with Gasteiger partial charge in [0, 0.05) is 19.4 Å². The zero-order valence-electron chi connectivity index (χ0n) is 11.0. The highest BCUT2D eigenvalue weighted by Crippen LogP contribution is 2.36. The molecule has 1 aliphatic heterocycles. The van der Waals surface area contributed by atoms with E-state index in [4.69, 9.17) is 0 Å². The number of rotatable bonds is 2. The second kappa shape index (κ2) is 3.80. The second-order valence-corrected chi connectivity index (χ2v) is 5.46. The molecule has 0 bridgehead atoms. The number of hydroxylamine groups is 1. The van der Waals surface area contributed by atoms with Crippen LogP contribution in [0.25, 0.3) is 0 Å². The molecular formula is C13H17N3O2. The maximum atomic E-state index is 12.5. The molecule has 0 aliphatic carbocycles. The lowest BCUT2D eigenvalue weighted by Crippen LogP contribution is -2.50. The fourth-order valence-corrected chi connectivity index (χ4v) is 2.66. The van der Waals surface area contributed by atoms with Gasteiger partial charge >= 0.3 is 0 Å². The Morgan fingerprint density at radius 2 is 1.72 bits per heavy atom. The minimum atomic E-state index is -0.976. The van der Waals surface area contributed by atoms with Crippen molar-refractivity contribution in [3.8, 4) is 0 Å². The Morgan fingerprint density at radius 3 is 2.17 bits per heavy atom. The molecule has 1 aromatic rings. The predicted octanol–water partition coefficient (Wildman–Crippen LogP) is 2.50. The van der Waals surface area contributed by atoms with Crippen LogP contribution in [-0.2, 0) is 0 Å². The Bertz CT molecular complexity index is 506. The molecule has 18 heavy (non-hydrogen) atoms. The van der Waals surface area contributed by atoms with Gasteiger partial charge in [-0.25, -0.2) is 0 Å². The molecule has 2 rings (SSSR count). The molecule has 1 aromatic carbocycles. The minimum absolute atomic E-state index is 0.563. The normalized spacial score (nSPS) is 21.2. The fraction of sp³-hybridized carbons (Fsp3) is 0.462. The molecule has 0 saturated heterocycles. The fourth-order valence-electron chi connectivity index (χ4n) is 2.66. The Kier molecular flexibility index (Phi) is 2.65. The maximum absolute atomic E-state index is 12.5. The van der Waals surface area contributed by atoms with E-state index in [1.54, 1.807) is 13.8 Å². The molecule has 0 N–H and O–H groups in total. The summed E-state index contributed by atoms with van der Waals surface area (Å²) in [6.45, 7) is 7.05. The molecule has 1 heterocycles. The van der Waals surface area contributed by atoms with Crippen molar-refractivity contribution in [2.24, 2.45) is 5.29 Å². The van der Waals surface area contributed by atoms with E-state index >= 15 is 0 Å². The first-order chi connectivity index (χ1) is 8.33. The molecule has 5 nitrogen and oxygen atoms in total. The average molecular weight is 247 g/mol. The molecule has 0 atom stereocenters. The lowest BCUT2D eigenvalue weighted by Gasteiger charge is -2.30. The van der Waals surface area contributed by atoms with Crippen LogP contribution in [0, 0.1) is 10.1 Å². The van der Waals surface area contributed by atoms with Crippen LogP contribution in [0.3, 0.4) is 0 Å². The van der Waals surface area contributed by atoms with Gasteiger partial charge < -0.3 is 5.21 Å². The van der Waals surface area contributed by atoms with Gasteiger partial charge in [-0.15, -0.1) is 4.91 Å². The van der Waals surface area contributed by atoms with Crippen LogP contribution in [0.5, 0.6) is 0 Å². The third-order valence-electron chi connectivity index (χ3n) is 3.46. The summed E-state index contributed by atoms with van der Waals surface area (Å²) in [5.74, 6) is 0. The molecular weight excluding hydrogens is 230 g/mol. The summed E-state index contributed by atoms with van der Waals surface area (Å²) in [5, 5.41) is 16.8. The first kappa shape index (κ1) is 12.5. The number of nitrogens with zero attached hydrogens (tertiary/aromatic N) is 3. The van der Waals surface area contributed by atoms with E-state index in [9.17, 15) is 10.1 Å². The molecule has 5 heteroatoms. The summed E-state index contributed by atoms with van der Waals surface area (Å²) in [5.41, 5.74) is -0.324. The first-order valence-corrected chi connectivity index (χ1v) is 5.87. The van der Waals surface area contributed by atoms with Crippen molar-refractivity contribution in [2.45, 2.75) is 38.9 Å². The molecule has 0 unspecified atom stereocenters. The average Bonchev–Trinajstić information content (AvgIpc) is 2.43. The lowest BCUT2D eigenvalue weighted by molar-refractivity contribution is -0.558. The summed E-state index contributed by atoms with van der Waals surface area (Å²) in [6.07, 6.45) is 0. The van der Waals surface area contributed by atoms with Crippen molar-refractivity contribution in [1.29, 1.82) is 0 Å². The van der Waals surface area contributed by atoms with Crippen LogP contribution >= 0.6 is 0 Å². The molecule has 0 aromatic heterocycles. The predicted molar refractivity (Wildman–Crippen MR) is 70.0 cm³/mol. The summed E-state index contributed by atoms with van der Waals surface area (Å²) in [4.78, 5) is 11.1. The third kappa shape index (κ3) is 1.50. The Labute approximate surface area is 106 Å². The third-order valence-corrected chi connectivity index (χ3v) is 3.46. The quantitative estimate of drug-likeness (QED) is 0.458. The van der Waals surface area contributed by atoms with E-state index in [1.807, 2.05) is 44.2 Å². The van der Waals surface area contributed by atoms with Crippen LogP contribution in [-0.4, -0.2) is 26.7 Å². The Hall–Kier alpha value is -1.91. The Morgan fingerprint density at radius 1 is 1.17 bits per heavy atom. The highest BCUT2D eigenvalue weighted by molar-refractivity contribution is 6.04. The minimum Gasteiger partial charge on any atom is -0.622 e. The Balaban J connectivity index is 2.65. The maximum Gasteiger partial charge on any atom is 0.261 e. The molecule has 0 fully saturated rings. The molecule has 0 spiro atoms. The van der Waals surface area contributed by atoms with Crippen LogP contribution in [0.1, 0.15) is 33.3 Å². The number of hydrogen-bond donors (Lipinski definition) is 0. The van der Waals surface area contributed by atoms with Crippen molar-refractivity contribution >= 4 is 5.71 Å². The van der Waals surface area contributed by atoms with Crippen molar-refractivity contribution in [3.63, 3.8) is 0 Å². The van der Waals surface area contributed by atoms with Crippen LogP contribution in [0.2, 0.25) is 0 Å². The van der Waals surface area contributed by atoms with E-state index < -0.39 is 11.2 Å². The van der Waals surface area contributed by atoms with Gasteiger partial charge in [0.05, 0.1) is 5.29 Å². The highest BCUT2D eigenvalue weighted by atomic mass is 16.5. The smallest absolute Gasteiger partial charge is 0.261 e. The van der Waals surface area contributed by atoms with Gasteiger partial charge in [0.15, 0.2) is 0 Å². The highest BCUT2D eigenvalue weighted by Gasteiger charge is 2.57. The van der Waals surface area contributed by atoms with Crippen LogP contribution in [0.4, 0.5) is 0 Å². The van der Waals surface area contributed by atoms with E-state index in [-0.39, 0.29) is 0 Å². The van der Waals surface area contributed by atoms with Gasteiger partial charge in [-0.1, -0.05) is 18.2 Å². The van der Waals surface area contributed by atoms with E-state index in [0.717, 1.165) is 10.3 Å². The van der Waals surface area contributed by atoms with Crippen LogP contribution in [0.15, 0.2) is 35.6 Å². The zero-order chi connectivity index (χ0) is 13.6. The van der Waals surface area contributed by atoms with Gasteiger partial charge in [0.2, 0.25) is 5.71 Å². The number of benzene rings is 1. The molecule has 0 saturated carbocycles. The van der Waals surface area contributed by atoms with Gasteiger partial charge in [-0.2, -0.15) is 9.75 Å². The van der Waals surface area contributed by atoms with Gasteiger partial charge in [0.1, 0.15) is 5.54 Å². The van der Waals surface area contributed by atoms with E-state index in [0.29, 0.717) is 5.71 Å². The second-order valence-electron chi connectivity index (χ2n) is 5.46. The molecule has 0 radical (unpaired) electrons. The number of hydrogen-bond acceptors (Lipinski definition) is 3. The monoisotopic (exact) mass is 247 g/mol. The van der Waals surface area contributed by atoms with Crippen molar-refractivity contribution in [1.82, 2.24) is 5.01 Å². The number of nitroso groups, excluding NO2 is 1. The van der Waals surface area contributed by atoms with Crippen molar-refractivity contribution < 1.29 is 4.74 Å². The topological polar surface area (TPSA) is 58.7 Å². The van der Waals surface area contributed by atoms with Crippen molar-refractivity contribution in [2.75, 3.05) is 0 Å². The van der Waals surface area contributed by atoms with Gasteiger partial charge in [-0.05, 0) is 26.0 Å². The summed E-state index contributed by atoms with van der Waals surface area (Å²) >= 11 is 0. The summed E-state index contributed by atoms with van der Waals surface area (Å²) < 4.78 is 0.879.